The summed E-state index contributed by atoms with van der Waals surface area (Å²) in [5.41, 5.74) is 0. The molecule has 1 aliphatic heterocycles. The Morgan fingerprint density at radius 2 is 1.48 bits per heavy atom. The second kappa shape index (κ2) is 16.3. The summed E-state index contributed by atoms with van der Waals surface area (Å²) in [6, 6.07) is 0. The maximum Gasteiger partial charge on any atom is 0.182 e. The number of aliphatic imine (C=N–C) groups is 1. The lowest BCUT2D eigenvalue weighted by Gasteiger charge is -2.37. The molecule has 1 heterocycles. The Morgan fingerprint density at radius 1 is 0.889 bits per heavy atom. The first-order chi connectivity index (χ1) is 13.3. The topological polar surface area (TPSA) is 32.6 Å². The van der Waals surface area contributed by atoms with E-state index in [9.17, 15) is 5.11 Å². The molecule has 0 radical (unpaired) electrons. The fourth-order valence-corrected chi connectivity index (χ4v) is 4.28. The van der Waals surface area contributed by atoms with E-state index in [0.29, 0.717) is 6.17 Å². The number of allylic oxidation sites excluding steroid dienone is 2. The number of rotatable bonds is 18. The zero-order chi connectivity index (χ0) is 19.6. The lowest BCUT2D eigenvalue weighted by molar-refractivity contribution is -0.936. The van der Waals surface area contributed by atoms with Crippen molar-refractivity contribution in [2.45, 2.75) is 110 Å². The second-order valence-corrected chi connectivity index (χ2v) is 8.35. The molecular weight excluding hydrogens is 332 g/mol. The number of likely N-dealkylation sites (N-methyl/N-ethyl adjacent to an activating group) is 1. The van der Waals surface area contributed by atoms with E-state index >= 15 is 0 Å². The summed E-state index contributed by atoms with van der Waals surface area (Å²) < 4.78 is 0.975. The molecule has 3 nitrogen and oxygen atoms in total. The third-order valence-electron chi connectivity index (χ3n) is 6.25. The van der Waals surface area contributed by atoms with Gasteiger partial charge in [0.1, 0.15) is 13.1 Å². The minimum Gasteiger partial charge on any atom is -0.391 e. The van der Waals surface area contributed by atoms with Gasteiger partial charge in [0.25, 0.3) is 0 Å². The highest BCUT2D eigenvalue weighted by atomic mass is 16.3. The van der Waals surface area contributed by atoms with Crippen molar-refractivity contribution in [1.82, 2.24) is 0 Å². The van der Waals surface area contributed by atoms with Gasteiger partial charge in [-0.05, 0) is 39.0 Å². The molecule has 1 N–H and O–H groups in total. The molecular formula is C24H47N2O+. The number of aliphatic hydroxyl groups excluding tert-OH is 1. The number of unbranched alkanes of at least 4 members (excludes halogenated alkanes) is 11. The summed E-state index contributed by atoms with van der Waals surface area (Å²) >= 11 is 0. The van der Waals surface area contributed by atoms with Gasteiger partial charge >= 0.3 is 0 Å². The van der Waals surface area contributed by atoms with Crippen LogP contribution in [0.3, 0.4) is 0 Å². The molecule has 0 aliphatic carbocycles. The quantitative estimate of drug-likeness (QED) is 0.170. The second-order valence-electron chi connectivity index (χ2n) is 8.35. The van der Waals surface area contributed by atoms with Crippen LogP contribution in [-0.2, 0) is 0 Å². The summed E-state index contributed by atoms with van der Waals surface area (Å²) in [7, 11) is 0. The molecule has 1 rings (SSSR count). The first-order valence-electron chi connectivity index (χ1n) is 11.9. The molecule has 0 fully saturated rings. The van der Waals surface area contributed by atoms with Crippen molar-refractivity contribution < 1.29 is 9.59 Å². The molecule has 27 heavy (non-hydrogen) atoms. The fraction of sp³-hybridized carbons (Fsp3) is 0.875. The first kappa shape index (κ1) is 24.4. The van der Waals surface area contributed by atoms with Gasteiger partial charge in [-0.3, -0.25) is 4.48 Å². The van der Waals surface area contributed by atoms with Crippen molar-refractivity contribution in [3.63, 3.8) is 0 Å². The van der Waals surface area contributed by atoms with Crippen molar-refractivity contribution in [3.05, 3.63) is 12.2 Å². The molecule has 0 amide bonds. The van der Waals surface area contributed by atoms with Gasteiger partial charge in [-0.25, -0.2) is 4.99 Å². The zero-order valence-corrected chi connectivity index (χ0v) is 18.4. The van der Waals surface area contributed by atoms with Gasteiger partial charge in [0.15, 0.2) is 6.17 Å². The van der Waals surface area contributed by atoms with Crippen LogP contribution in [0, 0.1) is 0 Å². The number of hydrogen-bond acceptors (Lipinski definition) is 2. The van der Waals surface area contributed by atoms with Crippen LogP contribution >= 0.6 is 0 Å². The summed E-state index contributed by atoms with van der Waals surface area (Å²) in [6.45, 7) is 7.73. The maximum atomic E-state index is 9.37. The molecule has 0 bridgehead atoms. The molecule has 0 aromatic heterocycles. The van der Waals surface area contributed by atoms with Crippen molar-refractivity contribution in [1.29, 1.82) is 0 Å². The molecule has 1 aliphatic rings. The molecule has 0 aromatic carbocycles. The number of quaternary nitrogens is 1. The normalized spacial score (nSPS) is 22.3. The van der Waals surface area contributed by atoms with Crippen molar-refractivity contribution in [2.75, 3.05) is 26.2 Å². The van der Waals surface area contributed by atoms with Crippen LogP contribution in [0.15, 0.2) is 17.1 Å². The predicted octanol–water partition coefficient (Wildman–Crippen LogP) is 6.26. The highest BCUT2D eigenvalue weighted by Gasteiger charge is 2.36. The Hall–Kier alpha value is -0.670. The molecule has 2 atom stereocenters. The lowest BCUT2D eigenvalue weighted by atomic mass is 10.1. The Bertz CT molecular complexity index is 394. The van der Waals surface area contributed by atoms with E-state index in [4.69, 9.17) is 4.99 Å². The molecule has 158 valence electrons. The average Bonchev–Trinajstić information content (AvgIpc) is 3.08. The van der Waals surface area contributed by atoms with E-state index < -0.39 is 0 Å². The smallest absolute Gasteiger partial charge is 0.182 e. The van der Waals surface area contributed by atoms with Crippen LogP contribution in [0.4, 0.5) is 0 Å². The maximum absolute atomic E-state index is 9.37. The minimum absolute atomic E-state index is 0.280. The average molecular weight is 380 g/mol. The minimum atomic E-state index is 0.280. The number of nitrogens with zero attached hydrogens (tertiary/aromatic N) is 2. The van der Waals surface area contributed by atoms with Gasteiger partial charge in [0.2, 0.25) is 0 Å². The van der Waals surface area contributed by atoms with Gasteiger partial charge in [-0.1, -0.05) is 70.4 Å². The Kier molecular flexibility index (Phi) is 14.7. The van der Waals surface area contributed by atoms with Crippen LogP contribution in [0.5, 0.6) is 0 Å². The van der Waals surface area contributed by atoms with Crippen LogP contribution < -0.4 is 0 Å². The largest absolute Gasteiger partial charge is 0.391 e. The van der Waals surface area contributed by atoms with E-state index in [2.05, 4.69) is 32.2 Å². The van der Waals surface area contributed by atoms with Crippen LogP contribution in [0.2, 0.25) is 0 Å². The van der Waals surface area contributed by atoms with Gasteiger partial charge < -0.3 is 5.11 Å². The van der Waals surface area contributed by atoms with E-state index in [1.807, 2.05) is 0 Å². The van der Waals surface area contributed by atoms with Crippen LogP contribution in [0.1, 0.15) is 104 Å². The van der Waals surface area contributed by atoms with E-state index in [0.717, 1.165) is 24.1 Å². The molecule has 0 saturated heterocycles. The SMILES string of the molecule is CCCCCC/C=C/CCCCCCCCCC1N=CC[N+]1(CC)CCO. The van der Waals surface area contributed by atoms with Crippen LogP contribution in [-0.4, -0.2) is 48.2 Å². The standard InChI is InChI=1S/C24H47N2O/c1-3-5-6-7-8-9-10-11-12-13-14-15-16-17-18-19-24-25-20-21-26(24,4-2)22-23-27/h9-10,20,24,27H,3-8,11-19,21-23H2,1-2H3/q+1/b10-9+. The summed E-state index contributed by atoms with van der Waals surface area (Å²) in [5, 5.41) is 9.37. The van der Waals surface area contributed by atoms with E-state index in [1.54, 1.807) is 0 Å². The Labute approximate surface area is 169 Å². The van der Waals surface area contributed by atoms with Crippen molar-refractivity contribution >= 4 is 6.21 Å². The van der Waals surface area contributed by atoms with Crippen molar-refractivity contribution in [2.24, 2.45) is 4.99 Å². The van der Waals surface area contributed by atoms with E-state index in [1.165, 1.54) is 89.9 Å². The summed E-state index contributed by atoms with van der Waals surface area (Å²) in [5.74, 6) is 0. The summed E-state index contributed by atoms with van der Waals surface area (Å²) in [6.07, 6.45) is 26.0. The number of aliphatic hydroxyl groups is 1. The highest BCUT2D eigenvalue weighted by molar-refractivity contribution is 5.60. The predicted molar refractivity (Wildman–Crippen MR) is 119 cm³/mol. The fourth-order valence-electron chi connectivity index (χ4n) is 4.28. The molecule has 2 unspecified atom stereocenters. The van der Waals surface area contributed by atoms with Crippen molar-refractivity contribution in [3.8, 4) is 0 Å². The third kappa shape index (κ3) is 10.4. The Morgan fingerprint density at radius 3 is 2.07 bits per heavy atom. The van der Waals surface area contributed by atoms with E-state index in [-0.39, 0.29) is 6.61 Å². The van der Waals surface area contributed by atoms with Gasteiger partial charge in [0, 0.05) is 6.42 Å². The molecule has 0 aromatic rings. The van der Waals surface area contributed by atoms with Crippen LogP contribution in [0.25, 0.3) is 0 Å². The number of hydrogen-bond donors (Lipinski definition) is 1. The van der Waals surface area contributed by atoms with Gasteiger partial charge in [-0.15, -0.1) is 0 Å². The van der Waals surface area contributed by atoms with Gasteiger partial charge in [0.05, 0.1) is 19.4 Å². The molecule has 0 saturated carbocycles. The third-order valence-corrected chi connectivity index (χ3v) is 6.25. The molecule has 0 spiro atoms. The zero-order valence-electron chi connectivity index (χ0n) is 18.4. The molecule has 3 heteroatoms. The highest BCUT2D eigenvalue weighted by Crippen LogP contribution is 2.24. The van der Waals surface area contributed by atoms with Gasteiger partial charge in [-0.2, -0.15) is 0 Å². The summed E-state index contributed by atoms with van der Waals surface area (Å²) in [4.78, 5) is 4.71. The monoisotopic (exact) mass is 379 g/mol. The Balaban J connectivity index is 1.92. The lowest BCUT2D eigenvalue weighted by Crippen LogP contribution is -2.53. The first-order valence-corrected chi connectivity index (χ1v) is 11.9.